The van der Waals surface area contributed by atoms with Crippen molar-refractivity contribution in [3.05, 3.63) is 36.1 Å². The van der Waals surface area contributed by atoms with Crippen LogP contribution < -0.4 is 9.47 Å². The summed E-state index contributed by atoms with van der Waals surface area (Å²) in [5.74, 6) is -0.815. The Bertz CT molecular complexity index is 1380. The van der Waals surface area contributed by atoms with Crippen LogP contribution in [0.4, 0.5) is 4.79 Å². The standard InChI is InChI=1S/C30H36O9/c1-18(31)22-17-21-25(36-23(32)15-9-8-10-16-24(33)38-29(2,3)4)19-13-11-12-14-20(19)26(27(21)35-22)37-28(34)39-30(5,6)7/h11-14,17H,8-10,15-16H2,1-7H3. The zero-order chi connectivity index (χ0) is 29.0. The molecule has 0 saturated heterocycles. The third kappa shape index (κ3) is 8.30. The van der Waals surface area contributed by atoms with Crippen molar-refractivity contribution in [2.24, 2.45) is 0 Å². The Kier molecular flexibility index (Phi) is 9.04. The Balaban J connectivity index is 1.84. The first kappa shape index (κ1) is 29.7. The molecule has 39 heavy (non-hydrogen) atoms. The van der Waals surface area contributed by atoms with Crippen molar-refractivity contribution in [2.45, 2.75) is 91.8 Å². The number of esters is 2. The van der Waals surface area contributed by atoms with E-state index in [0.29, 0.717) is 35.4 Å². The van der Waals surface area contributed by atoms with Crippen molar-refractivity contribution in [3.8, 4) is 11.5 Å². The molecule has 2 aromatic carbocycles. The van der Waals surface area contributed by atoms with Gasteiger partial charge in [-0.3, -0.25) is 14.4 Å². The number of hydrogen-bond donors (Lipinski definition) is 0. The van der Waals surface area contributed by atoms with E-state index in [0.717, 1.165) is 0 Å². The number of ketones is 1. The molecule has 0 aliphatic heterocycles. The van der Waals surface area contributed by atoms with Crippen LogP contribution in [0.1, 0.15) is 91.1 Å². The summed E-state index contributed by atoms with van der Waals surface area (Å²) in [6.45, 7) is 11.9. The lowest BCUT2D eigenvalue weighted by atomic mass is 10.0. The number of hydrogen-bond acceptors (Lipinski definition) is 9. The Labute approximate surface area is 227 Å². The van der Waals surface area contributed by atoms with E-state index in [4.69, 9.17) is 23.4 Å². The van der Waals surface area contributed by atoms with Gasteiger partial charge >= 0.3 is 18.1 Å². The number of carbonyl (C=O) groups is 4. The molecule has 210 valence electrons. The molecule has 3 aromatic rings. The van der Waals surface area contributed by atoms with E-state index in [-0.39, 0.29) is 47.4 Å². The van der Waals surface area contributed by atoms with Crippen LogP contribution in [-0.4, -0.2) is 35.1 Å². The summed E-state index contributed by atoms with van der Waals surface area (Å²) < 4.78 is 27.7. The lowest BCUT2D eigenvalue weighted by Gasteiger charge is -2.19. The van der Waals surface area contributed by atoms with Crippen molar-refractivity contribution >= 4 is 45.6 Å². The third-order valence-electron chi connectivity index (χ3n) is 5.42. The van der Waals surface area contributed by atoms with Crippen LogP contribution in [0.3, 0.4) is 0 Å². The van der Waals surface area contributed by atoms with Gasteiger partial charge in [0.2, 0.25) is 0 Å². The first-order valence-electron chi connectivity index (χ1n) is 13.0. The fourth-order valence-electron chi connectivity index (χ4n) is 3.89. The maximum absolute atomic E-state index is 12.8. The summed E-state index contributed by atoms with van der Waals surface area (Å²) in [7, 11) is 0. The largest absolute Gasteiger partial charge is 0.514 e. The van der Waals surface area contributed by atoms with Crippen LogP contribution in [-0.2, 0) is 19.1 Å². The van der Waals surface area contributed by atoms with Crippen LogP contribution in [0.5, 0.6) is 11.5 Å². The highest BCUT2D eigenvalue weighted by atomic mass is 16.7. The molecule has 0 radical (unpaired) electrons. The van der Waals surface area contributed by atoms with E-state index in [9.17, 15) is 19.2 Å². The summed E-state index contributed by atoms with van der Waals surface area (Å²) in [4.78, 5) is 49.4. The van der Waals surface area contributed by atoms with Crippen LogP contribution >= 0.6 is 0 Å². The minimum atomic E-state index is -0.939. The summed E-state index contributed by atoms with van der Waals surface area (Å²) in [5.41, 5.74) is -1.23. The molecule has 0 aliphatic carbocycles. The highest BCUT2D eigenvalue weighted by molar-refractivity contribution is 6.12. The van der Waals surface area contributed by atoms with Gasteiger partial charge in [0.25, 0.3) is 0 Å². The topological polar surface area (TPSA) is 118 Å². The lowest BCUT2D eigenvalue weighted by Crippen LogP contribution is -2.26. The van der Waals surface area contributed by atoms with E-state index in [1.807, 2.05) is 20.8 Å². The van der Waals surface area contributed by atoms with Gasteiger partial charge < -0.3 is 23.4 Å². The van der Waals surface area contributed by atoms with Gasteiger partial charge in [0.15, 0.2) is 22.9 Å². The van der Waals surface area contributed by atoms with Crippen molar-refractivity contribution in [1.82, 2.24) is 0 Å². The third-order valence-corrected chi connectivity index (χ3v) is 5.42. The van der Waals surface area contributed by atoms with Gasteiger partial charge in [-0.1, -0.05) is 30.7 Å². The van der Waals surface area contributed by atoms with Crippen LogP contribution in [0, 0.1) is 0 Å². The fraction of sp³-hybridized carbons (Fsp3) is 0.467. The SMILES string of the molecule is CC(=O)c1cc2c(OC(=O)CCCCCC(=O)OC(C)(C)C)c3ccccc3c(OC(=O)OC(C)(C)C)c2o1. The monoisotopic (exact) mass is 540 g/mol. The number of fused-ring (bicyclic) bond motifs is 2. The van der Waals surface area contributed by atoms with E-state index < -0.39 is 23.3 Å². The van der Waals surface area contributed by atoms with Gasteiger partial charge in [0.05, 0.1) is 5.39 Å². The molecule has 1 aromatic heterocycles. The number of rotatable bonds is 9. The van der Waals surface area contributed by atoms with E-state index in [1.165, 1.54) is 13.0 Å². The predicted octanol–water partition coefficient (Wildman–Crippen LogP) is 7.30. The highest BCUT2D eigenvalue weighted by Crippen LogP contribution is 2.44. The number of unbranched alkanes of at least 4 members (excludes halogenated alkanes) is 2. The van der Waals surface area contributed by atoms with Gasteiger partial charge in [-0.2, -0.15) is 0 Å². The second kappa shape index (κ2) is 11.9. The maximum Gasteiger partial charge on any atom is 0.514 e. The van der Waals surface area contributed by atoms with E-state index in [2.05, 4.69) is 0 Å². The molecule has 0 amide bonds. The second-order valence-corrected chi connectivity index (χ2v) is 11.3. The number of ether oxygens (including phenoxy) is 4. The summed E-state index contributed by atoms with van der Waals surface area (Å²) in [6.07, 6.45) is 1.22. The normalized spacial score (nSPS) is 11.9. The molecule has 1 heterocycles. The Morgan fingerprint density at radius 3 is 1.85 bits per heavy atom. The van der Waals surface area contributed by atoms with E-state index in [1.54, 1.807) is 45.0 Å². The van der Waals surface area contributed by atoms with Crippen LogP contribution in [0.2, 0.25) is 0 Å². The Morgan fingerprint density at radius 1 is 0.718 bits per heavy atom. The number of benzene rings is 2. The molecule has 0 saturated carbocycles. The van der Waals surface area contributed by atoms with Gasteiger partial charge in [-0.15, -0.1) is 0 Å². The molecule has 0 unspecified atom stereocenters. The zero-order valence-electron chi connectivity index (χ0n) is 23.6. The van der Waals surface area contributed by atoms with Crippen molar-refractivity contribution < 1.29 is 42.5 Å². The molecule has 9 nitrogen and oxygen atoms in total. The first-order chi connectivity index (χ1) is 18.1. The Morgan fingerprint density at radius 2 is 1.28 bits per heavy atom. The van der Waals surface area contributed by atoms with Gasteiger partial charge in [-0.05, 0) is 60.5 Å². The fourth-order valence-corrected chi connectivity index (χ4v) is 3.89. The molecular formula is C30H36O9. The summed E-state index contributed by atoms with van der Waals surface area (Å²) in [5, 5.41) is 1.26. The molecule has 0 atom stereocenters. The molecule has 0 spiro atoms. The molecule has 9 heteroatoms. The van der Waals surface area contributed by atoms with Gasteiger partial charge in [-0.25, -0.2) is 4.79 Å². The summed E-state index contributed by atoms with van der Waals surface area (Å²) >= 11 is 0. The molecule has 3 rings (SSSR count). The van der Waals surface area contributed by atoms with Crippen molar-refractivity contribution in [2.75, 3.05) is 0 Å². The number of carbonyl (C=O) groups excluding carboxylic acids is 4. The minimum absolute atomic E-state index is 0.0220. The Hall–Kier alpha value is -3.88. The van der Waals surface area contributed by atoms with Crippen molar-refractivity contribution in [1.29, 1.82) is 0 Å². The molecule has 0 N–H and O–H groups in total. The van der Waals surface area contributed by atoms with Crippen LogP contribution in [0.15, 0.2) is 34.7 Å². The first-order valence-corrected chi connectivity index (χ1v) is 13.0. The predicted molar refractivity (Wildman–Crippen MR) is 145 cm³/mol. The molecule has 0 aliphatic rings. The molecule has 0 bridgehead atoms. The highest BCUT2D eigenvalue weighted by Gasteiger charge is 2.26. The smallest absolute Gasteiger partial charge is 0.460 e. The average molecular weight is 541 g/mol. The number of furan rings is 1. The van der Waals surface area contributed by atoms with Crippen LogP contribution in [0.25, 0.3) is 21.7 Å². The molecular weight excluding hydrogens is 504 g/mol. The van der Waals surface area contributed by atoms with E-state index >= 15 is 0 Å². The molecule has 0 fully saturated rings. The average Bonchev–Trinajstić information content (AvgIpc) is 3.24. The quantitative estimate of drug-likeness (QED) is 0.0905. The van der Waals surface area contributed by atoms with Gasteiger partial charge in [0.1, 0.15) is 17.0 Å². The van der Waals surface area contributed by atoms with Crippen molar-refractivity contribution in [3.63, 3.8) is 0 Å². The second-order valence-electron chi connectivity index (χ2n) is 11.3. The zero-order valence-corrected chi connectivity index (χ0v) is 23.6. The number of Topliss-reactive ketones (excluding diaryl/α,β-unsaturated/α-hetero) is 1. The lowest BCUT2D eigenvalue weighted by molar-refractivity contribution is -0.154. The minimum Gasteiger partial charge on any atom is -0.460 e. The summed E-state index contributed by atoms with van der Waals surface area (Å²) in [6, 6.07) is 8.38. The van der Waals surface area contributed by atoms with Gasteiger partial charge in [0, 0.05) is 30.5 Å². The maximum atomic E-state index is 12.8.